The van der Waals surface area contributed by atoms with Crippen molar-refractivity contribution in [1.29, 1.82) is 0 Å². The first-order valence-corrected chi connectivity index (χ1v) is 8.24. The molecule has 6 nitrogen and oxygen atoms in total. The minimum absolute atomic E-state index is 0.252. The van der Waals surface area contributed by atoms with Crippen LogP contribution in [-0.2, 0) is 19.6 Å². The Kier molecular flexibility index (Phi) is 4.47. The molecular formula is C12H21NO5S. The van der Waals surface area contributed by atoms with Gasteiger partial charge in [0, 0.05) is 19.8 Å². The number of nitrogens with zero attached hydrogens (tertiary/aromatic N) is 1. The standard InChI is InChI=1S/C12H21NO5S/c1-9-2-5-13(11(8-9)12(14)15)19(16,17)10-3-6-18-7-4-10/h9-11H,2-8H2,1H3,(H,14,15). The summed E-state index contributed by atoms with van der Waals surface area (Å²) >= 11 is 0. The molecule has 2 fully saturated rings. The van der Waals surface area contributed by atoms with Gasteiger partial charge in [-0.1, -0.05) is 6.92 Å². The van der Waals surface area contributed by atoms with E-state index in [9.17, 15) is 18.3 Å². The molecule has 0 saturated carbocycles. The lowest BCUT2D eigenvalue weighted by molar-refractivity contribution is -0.143. The first-order valence-electron chi connectivity index (χ1n) is 6.74. The van der Waals surface area contributed by atoms with Crippen molar-refractivity contribution in [2.24, 2.45) is 5.92 Å². The van der Waals surface area contributed by atoms with E-state index in [0.29, 0.717) is 39.0 Å². The summed E-state index contributed by atoms with van der Waals surface area (Å²) in [6, 6.07) is -0.906. The topological polar surface area (TPSA) is 83.9 Å². The highest BCUT2D eigenvalue weighted by atomic mass is 32.2. The van der Waals surface area contributed by atoms with Crippen molar-refractivity contribution in [3.63, 3.8) is 0 Å². The highest BCUT2D eigenvalue weighted by molar-refractivity contribution is 7.89. The Hall–Kier alpha value is -0.660. The summed E-state index contributed by atoms with van der Waals surface area (Å²) in [6.45, 7) is 3.16. The summed E-state index contributed by atoms with van der Waals surface area (Å²) in [5, 5.41) is 8.77. The fourth-order valence-electron chi connectivity index (χ4n) is 2.81. The lowest BCUT2D eigenvalue weighted by Gasteiger charge is -2.37. The van der Waals surface area contributed by atoms with Crippen LogP contribution in [0, 0.1) is 5.92 Å². The minimum Gasteiger partial charge on any atom is -0.480 e. The van der Waals surface area contributed by atoms with Crippen LogP contribution in [0.15, 0.2) is 0 Å². The van der Waals surface area contributed by atoms with Crippen LogP contribution in [0.25, 0.3) is 0 Å². The molecule has 2 aliphatic rings. The number of aliphatic carboxylic acids is 1. The van der Waals surface area contributed by atoms with Gasteiger partial charge in [0.2, 0.25) is 10.0 Å². The molecule has 0 aromatic rings. The predicted octanol–water partition coefficient (Wildman–Crippen LogP) is 0.680. The first kappa shape index (κ1) is 14.7. The number of carbonyl (C=O) groups is 1. The molecule has 2 rings (SSSR count). The van der Waals surface area contributed by atoms with Gasteiger partial charge < -0.3 is 9.84 Å². The maximum atomic E-state index is 12.6. The SMILES string of the molecule is CC1CCN(S(=O)(=O)C2CCOCC2)C(C(=O)O)C1. The Balaban J connectivity index is 2.19. The number of ether oxygens (including phenoxy) is 1. The van der Waals surface area contributed by atoms with Crippen LogP contribution in [0.2, 0.25) is 0 Å². The van der Waals surface area contributed by atoms with Crippen LogP contribution in [0.3, 0.4) is 0 Å². The molecule has 2 unspecified atom stereocenters. The molecule has 0 amide bonds. The quantitative estimate of drug-likeness (QED) is 0.826. The molecule has 110 valence electrons. The van der Waals surface area contributed by atoms with E-state index in [-0.39, 0.29) is 5.92 Å². The van der Waals surface area contributed by atoms with E-state index in [1.54, 1.807) is 0 Å². The van der Waals surface area contributed by atoms with Gasteiger partial charge in [0.05, 0.1) is 5.25 Å². The maximum Gasteiger partial charge on any atom is 0.322 e. The van der Waals surface area contributed by atoms with Crippen molar-refractivity contribution in [2.75, 3.05) is 19.8 Å². The average Bonchev–Trinajstić information content (AvgIpc) is 2.39. The Bertz CT molecular complexity index is 429. The molecule has 19 heavy (non-hydrogen) atoms. The van der Waals surface area contributed by atoms with E-state index in [1.807, 2.05) is 6.92 Å². The number of rotatable bonds is 3. The Labute approximate surface area is 113 Å². The highest BCUT2D eigenvalue weighted by Crippen LogP contribution is 2.29. The van der Waals surface area contributed by atoms with Crippen LogP contribution in [0.1, 0.15) is 32.6 Å². The predicted molar refractivity (Wildman–Crippen MR) is 69.3 cm³/mol. The van der Waals surface area contributed by atoms with Crippen LogP contribution < -0.4 is 0 Å². The van der Waals surface area contributed by atoms with Gasteiger partial charge in [0.15, 0.2) is 0 Å². The molecule has 0 aromatic heterocycles. The van der Waals surface area contributed by atoms with E-state index in [2.05, 4.69) is 0 Å². The second-order valence-electron chi connectivity index (χ2n) is 5.45. The zero-order chi connectivity index (χ0) is 14.0. The summed E-state index contributed by atoms with van der Waals surface area (Å²) in [5.74, 6) is -0.788. The van der Waals surface area contributed by atoms with Crippen molar-refractivity contribution in [2.45, 2.75) is 43.9 Å². The van der Waals surface area contributed by atoms with Crippen molar-refractivity contribution >= 4 is 16.0 Å². The lowest BCUT2D eigenvalue weighted by atomic mass is 9.94. The van der Waals surface area contributed by atoms with Gasteiger partial charge in [-0.25, -0.2) is 8.42 Å². The van der Waals surface area contributed by atoms with Crippen molar-refractivity contribution in [1.82, 2.24) is 4.31 Å². The normalized spacial score (nSPS) is 31.2. The largest absolute Gasteiger partial charge is 0.480 e. The molecule has 2 heterocycles. The van der Waals surface area contributed by atoms with E-state index in [0.717, 1.165) is 6.42 Å². The third-order valence-corrected chi connectivity index (χ3v) is 6.42. The van der Waals surface area contributed by atoms with Gasteiger partial charge in [-0.3, -0.25) is 4.79 Å². The monoisotopic (exact) mass is 291 g/mol. The van der Waals surface area contributed by atoms with Gasteiger partial charge in [0.25, 0.3) is 0 Å². The molecule has 2 saturated heterocycles. The molecule has 0 aliphatic carbocycles. The van der Waals surface area contributed by atoms with E-state index in [4.69, 9.17) is 4.74 Å². The van der Waals surface area contributed by atoms with Gasteiger partial charge in [-0.05, 0) is 31.6 Å². The molecule has 1 N–H and O–H groups in total. The molecular weight excluding hydrogens is 270 g/mol. The Morgan fingerprint density at radius 2 is 1.89 bits per heavy atom. The van der Waals surface area contributed by atoms with Crippen LogP contribution >= 0.6 is 0 Å². The summed E-state index contributed by atoms with van der Waals surface area (Å²) in [5.41, 5.74) is 0. The molecule has 2 atom stereocenters. The summed E-state index contributed by atoms with van der Waals surface area (Å²) in [4.78, 5) is 11.3. The van der Waals surface area contributed by atoms with Crippen LogP contribution in [0.4, 0.5) is 0 Å². The number of carboxylic acids is 1. The van der Waals surface area contributed by atoms with E-state index < -0.39 is 27.3 Å². The second kappa shape index (κ2) is 5.76. The molecule has 2 aliphatic heterocycles. The van der Waals surface area contributed by atoms with Crippen molar-refractivity contribution < 1.29 is 23.1 Å². The molecule has 0 bridgehead atoms. The fraction of sp³-hybridized carbons (Fsp3) is 0.917. The van der Waals surface area contributed by atoms with Crippen molar-refractivity contribution in [3.8, 4) is 0 Å². The third kappa shape index (κ3) is 3.09. The maximum absolute atomic E-state index is 12.6. The second-order valence-corrected chi connectivity index (χ2v) is 7.62. The van der Waals surface area contributed by atoms with E-state index in [1.165, 1.54) is 4.31 Å². The first-order chi connectivity index (χ1) is 8.93. The van der Waals surface area contributed by atoms with Crippen molar-refractivity contribution in [3.05, 3.63) is 0 Å². The van der Waals surface area contributed by atoms with Crippen LogP contribution in [-0.4, -0.2) is 54.8 Å². The number of sulfonamides is 1. The van der Waals surface area contributed by atoms with Gasteiger partial charge in [-0.2, -0.15) is 4.31 Å². The van der Waals surface area contributed by atoms with Gasteiger partial charge in [0.1, 0.15) is 6.04 Å². The molecule has 0 radical (unpaired) electrons. The number of carboxylic acid groups (broad SMARTS) is 1. The van der Waals surface area contributed by atoms with Gasteiger partial charge >= 0.3 is 5.97 Å². The summed E-state index contributed by atoms with van der Waals surface area (Å²) in [7, 11) is -3.53. The Morgan fingerprint density at radius 3 is 2.47 bits per heavy atom. The fourth-order valence-corrected chi connectivity index (χ4v) is 4.88. The molecule has 7 heteroatoms. The summed E-state index contributed by atoms with van der Waals surface area (Å²) < 4.78 is 31.5. The van der Waals surface area contributed by atoms with E-state index >= 15 is 0 Å². The molecule has 0 aromatic carbocycles. The zero-order valence-electron chi connectivity index (χ0n) is 11.1. The summed E-state index contributed by atoms with van der Waals surface area (Å²) in [6.07, 6.45) is 2.05. The highest BCUT2D eigenvalue weighted by Gasteiger charge is 2.42. The Morgan fingerprint density at radius 1 is 1.26 bits per heavy atom. The van der Waals surface area contributed by atoms with Crippen LogP contribution in [0.5, 0.6) is 0 Å². The number of piperidine rings is 1. The molecule has 0 spiro atoms. The number of hydrogen-bond acceptors (Lipinski definition) is 4. The van der Waals surface area contributed by atoms with Gasteiger partial charge in [-0.15, -0.1) is 0 Å². The smallest absolute Gasteiger partial charge is 0.322 e. The number of hydrogen-bond donors (Lipinski definition) is 1. The zero-order valence-corrected chi connectivity index (χ0v) is 11.9. The lowest BCUT2D eigenvalue weighted by Crippen LogP contribution is -2.53. The minimum atomic E-state index is -3.53. The third-order valence-electron chi connectivity index (χ3n) is 4.02. The average molecular weight is 291 g/mol.